The van der Waals surface area contributed by atoms with Crippen LogP contribution in [0.4, 0.5) is 10.5 Å². The molecule has 0 unspecified atom stereocenters. The van der Waals surface area contributed by atoms with Gasteiger partial charge < -0.3 is 14.2 Å². The van der Waals surface area contributed by atoms with Gasteiger partial charge in [-0.25, -0.2) is 9.69 Å². The molecular formula is C22H21BrN2O6. The SMILES string of the molecule is CCCOc1c(Br)cc(/C=C2\C(=O)NC(=O)N(c3ccc(OC)cc3)C2=O)cc1OC. The molecule has 2 aromatic carbocycles. The van der Waals surface area contributed by atoms with Gasteiger partial charge in [0.15, 0.2) is 11.5 Å². The van der Waals surface area contributed by atoms with Gasteiger partial charge in [0.1, 0.15) is 11.3 Å². The van der Waals surface area contributed by atoms with Crippen molar-refractivity contribution in [3.63, 3.8) is 0 Å². The number of carbonyl (C=O) groups excluding carboxylic acids is 3. The number of ether oxygens (including phenoxy) is 3. The zero-order valence-corrected chi connectivity index (χ0v) is 18.8. The molecule has 0 spiro atoms. The fourth-order valence-corrected chi connectivity index (χ4v) is 3.53. The van der Waals surface area contributed by atoms with Gasteiger partial charge in [-0.2, -0.15) is 0 Å². The number of nitrogens with one attached hydrogen (secondary N) is 1. The van der Waals surface area contributed by atoms with Crippen molar-refractivity contribution in [1.82, 2.24) is 5.32 Å². The van der Waals surface area contributed by atoms with Gasteiger partial charge in [-0.15, -0.1) is 0 Å². The Bertz CT molecular complexity index is 1050. The highest BCUT2D eigenvalue weighted by molar-refractivity contribution is 9.10. The summed E-state index contributed by atoms with van der Waals surface area (Å²) >= 11 is 3.44. The minimum atomic E-state index is -0.820. The van der Waals surface area contributed by atoms with E-state index in [4.69, 9.17) is 14.2 Å². The molecule has 1 aliphatic rings. The number of urea groups is 1. The Balaban J connectivity index is 1.98. The normalized spacial score (nSPS) is 15.2. The first-order valence-electron chi connectivity index (χ1n) is 9.45. The lowest BCUT2D eigenvalue weighted by atomic mass is 10.1. The van der Waals surface area contributed by atoms with Gasteiger partial charge >= 0.3 is 6.03 Å². The summed E-state index contributed by atoms with van der Waals surface area (Å²) in [5, 5.41) is 2.20. The number of hydrogen-bond acceptors (Lipinski definition) is 6. The summed E-state index contributed by atoms with van der Waals surface area (Å²) < 4.78 is 16.8. The van der Waals surface area contributed by atoms with Gasteiger partial charge in [0, 0.05) is 0 Å². The van der Waals surface area contributed by atoms with Crippen LogP contribution in [0.15, 0.2) is 46.4 Å². The Kier molecular flexibility index (Phi) is 6.96. The standard InChI is InChI=1S/C22H21BrN2O6/c1-4-9-31-19-17(23)11-13(12-18(19)30-3)10-16-20(26)24-22(28)25(21(16)27)14-5-7-15(29-2)8-6-14/h5-8,10-12H,4,9H2,1-3H3,(H,24,26,28)/b16-10+. The van der Waals surface area contributed by atoms with E-state index in [1.54, 1.807) is 36.4 Å². The molecule has 0 atom stereocenters. The fourth-order valence-electron chi connectivity index (χ4n) is 2.96. The molecule has 1 N–H and O–H groups in total. The zero-order chi connectivity index (χ0) is 22.5. The molecule has 0 saturated carbocycles. The number of amides is 4. The van der Waals surface area contributed by atoms with E-state index < -0.39 is 17.8 Å². The summed E-state index contributed by atoms with van der Waals surface area (Å²) in [7, 11) is 3.01. The lowest BCUT2D eigenvalue weighted by molar-refractivity contribution is -0.122. The second-order valence-corrected chi connectivity index (χ2v) is 7.39. The average molecular weight is 489 g/mol. The molecule has 9 heteroatoms. The number of benzene rings is 2. The van der Waals surface area contributed by atoms with Crippen LogP contribution in [0.5, 0.6) is 17.2 Å². The van der Waals surface area contributed by atoms with Crippen molar-refractivity contribution < 1.29 is 28.6 Å². The number of halogens is 1. The lowest BCUT2D eigenvalue weighted by Gasteiger charge is -2.26. The smallest absolute Gasteiger partial charge is 0.335 e. The van der Waals surface area contributed by atoms with Crippen molar-refractivity contribution in [1.29, 1.82) is 0 Å². The molecule has 1 aliphatic heterocycles. The van der Waals surface area contributed by atoms with Crippen LogP contribution >= 0.6 is 15.9 Å². The Morgan fingerprint density at radius 1 is 1.06 bits per heavy atom. The third-order valence-electron chi connectivity index (χ3n) is 4.45. The molecule has 1 fully saturated rings. The topological polar surface area (TPSA) is 94.2 Å². The maximum Gasteiger partial charge on any atom is 0.335 e. The number of nitrogens with zero attached hydrogens (tertiary/aromatic N) is 1. The third-order valence-corrected chi connectivity index (χ3v) is 5.03. The summed E-state index contributed by atoms with van der Waals surface area (Å²) in [5.74, 6) is 0.0339. The highest BCUT2D eigenvalue weighted by Gasteiger charge is 2.36. The Morgan fingerprint density at radius 3 is 2.39 bits per heavy atom. The van der Waals surface area contributed by atoms with E-state index in [2.05, 4.69) is 21.2 Å². The summed E-state index contributed by atoms with van der Waals surface area (Å²) in [4.78, 5) is 38.7. The Morgan fingerprint density at radius 2 is 1.77 bits per heavy atom. The van der Waals surface area contributed by atoms with E-state index in [1.807, 2.05) is 6.92 Å². The van der Waals surface area contributed by atoms with Gasteiger partial charge in [-0.05, 0) is 70.4 Å². The first-order chi connectivity index (χ1) is 14.9. The minimum absolute atomic E-state index is 0.188. The van der Waals surface area contributed by atoms with E-state index in [0.29, 0.717) is 39.6 Å². The number of barbiturate groups is 1. The largest absolute Gasteiger partial charge is 0.497 e. The molecule has 31 heavy (non-hydrogen) atoms. The van der Waals surface area contributed by atoms with Gasteiger partial charge in [0.05, 0.1) is 31.0 Å². The molecule has 1 heterocycles. The summed E-state index contributed by atoms with van der Waals surface area (Å²) in [6.07, 6.45) is 2.23. The highest BCUT2D eigenvalue weighted by Crippen LogP contribution is 2.37. The molecule has 0 radical (unpaired) electrons. The highest BCUT2D eigenvalue weighted by atomic mass is 79.9. The van der Waals surface area contributed by atoms with Crippen LogP contribution in [0.1, 0.15) is 18.9 Å². The Labute approximate surface area is 187 Å². The number of methoxy groups -OCH3 is 2. The van der Waals surface area contributed by atoms with E-state index >= 15 is 0 Å². The molecule has 2 aromatic rings. The van der Waals surface area contributed by atoms with E-state index in [0.717, 1.165) is 11.3 Å². The van der Waals surface area contributed by atoms with Crippen LogP contribution in [0.3, 0.4) is 0 Å². The molecule has 1 saturated heterocycles. The maximum atomic E-state index is 13.0. The molecule has 0 bridgehead atoms. The lowest BCUT2D eigenvalue weighted by Crippen LogP contribution is -2.54. The van der Waals surface area contributed by atoms with Crippen LogP contribution in [0.25, 0.3) is 6.08 Å². The third kappa shape index (κ3) is 4.72. The number of rotatable bonds is 7. The molecule has 0 aliphatic carbocycles. The number of imide groups is 2. The van der Waals surface area contributed by atoms with Gasteiger partial charge in [0.25, 0.3) is 11.8 Å². The van der Waals surface area contributed by atoms with Crippen LogP contribution < -0.4 is 24.4 Å². The maximum absolute atomic E-state index is 13.0. The summed E-state index contributed by atoms with van der Waals surface area (Å²) in [5.41, 5.74) is 0.644. The second-order valence-electron chi connectivity index (χ2n) is 6.54. The van der Waals surface area contributed by atoms with E-state index in [9.17, 15) is 14.4 Å². The van der Waals surface area contributed by atoms with E-state index in [1.165, 1.54) is 20.3 Å². The van der Waals surface area contributed by atoms with Gasteiger partial charge in [-0.3, -0.25) is 14.9 Å². The van der Waals surface area contributed by atoms with Crippen LogP contribution in [-0.2, 0) is 9.59 Å². The van der Waals surface area contributed by atoms with E-state index in [-0.39, 0.29) is 5.57 Å². The van der Waals surface area contributed by atoms with Crippen LogP contribution in [0.2, 0.25) is 0 Å². The molecule has 162 valence electrons. The van der Waals surface area contributed by atoms with Crippen molar-refractivity contribution in [2.24, 2.45) is 0 Å². The van der Waals surface area contributed by atoms with Crippen LogP contribution in [0, 0.1) is 0 Å². The van der Waals surface area contributed by atoms with Crippen molar-refractivity contribution in [3.05, 3.63) is 52.0 Å². The molecule has 3 rings (SSSR count). The van der Waals surface area contributed by atoms with Crippen LogP contribution in [-0.4, -0.2) is 38.7 Å². The van der Waals surface area contributed by atoms with Gasteiger partial charge in [0.2, 0.25) is 0 Å². The van der Waals surface area contributed by atoms with Crippen molar-refractivity contribution in [3.8, 4) is 17.2 Å². The predicted octanol–water partition coefficient (Wildman–Crippen LogP) is 3.92. The minimum Gasteiger partial charge on any atom is -0.497 e. The second kappa shape index (κ2) is 9.65. The molecule has 4 amide bonds. The first kappa shape index (κ1) is 22.4. The first-order valence-corrected chi connectivity index (χ1v) is 10.2. The molecule has 8 nitrogen and oxygen atoms in total. The number of anilines is 1. The molecular weight excluding hydrogens is 468 g/mol. The predicted molar refractivity (Wildman–Crippen MR) is 118 cm³/mol. The Hall–Kier alpha value is -3.33. The monoisotopic (exact) mass is 488 g/mol. The van der Waals surface area contributed by atoms with Gasteiger partial charge in [-0.1, -0.05) is 6.92 Å². The summed E-state index contributed by atoms with van der Waals surface area (Å²) in [6, 6.07) is 8.89. The number of hydrogen-bond donors (Lipinski definition) is 1. The quantitative estimate of drug-likeness (QED) is 0.468. The average Bonchev–Trinajstić information content (AvgIpc) is 2.76. The van der Waals surface area contributed by atoms with Crippen molar-refractivity contribution in [2.45, 2.75) is 13.3 Å². The number of carbonyl (C=O) groups is 3. The fraction of sp³-hybridized carbons (Fsp3) is 0.227. The van der Waals surface area contributed by atoms with Crippen molar-refractivity contribution >= 4 is 45.5 Å². The molecule has 0 aromatic heterocycles. The zero-order valence-electron chi connectivity index (χ0n) is 17.2. The summed E-state index contributed by atoms with van der Waals surface area (Å²) in [6.45, 7) is 2.50. The van der Waals surface area contributed by atoms with Crippen molar-refractivity contribution in [2.75, 3.05) is 25.7 Å².